The summed E-state index contributed by atoms with van der Waals surface area (Å²) < 4.78 is 5.15. The number of benzene rings is 1. The van der Waals surface area contributed by atoms with Gasteiger partial charge in [0.05, 0.1) is 12.8 Å². The number of ether oxygens (including phenoxy) is 1. The second kappa shape index (κ2) is 6.13. The summed E-state index contributed by atoms with van der Waals surface area (Å²) in [5.41, 5.74) is 10.9. The maximum Gasteiger partial charge on any atom is 0.188 e. The molecule has 2 rings (SSSR count). The third-order valence-electron chi connectivity index (χ3n) is 3.27. The lowest BCUT2D eigenvalue weighted by atomic mass is 10.2. The van der Waals surface area contributed by atoms with Crippen LogP contribution in [0.25, 0.3) is 0 Å². The molecule has 1 aromatic carbocycles. The fourth-order valence-corrected chi connectivity index (χ4v) is 2.71. The summed E-state index contributed by atoms with van der Waals surface area (Å²) >= 11 is 1.61. The Morgan fingerprint density at radius 2 is 1.80 bits per heavy atom. The normalized spacial score (nSPS) is 10.6. The van der Waals surface area contributed by atoms with Crippen LogP contribution in [0.3, 0.4) is 0 Å². The van der Waals surface area contributed by atoms with Crippen molar-refractivity contribution in [2.24, 2.45) is 0 Å². The van der Waals surface area contributed by atoms with Gasteiger partial charge in [-0.2, -0.15) is 0 Å². The van der Waals surface area contributed by atoms with Gasteiger partial charge in [0.15, 0.2) is 5.16 Å². The molecule has 0 bridgehead atoms. The SMILES string of the molecule is COc1ccc(CSc2nc(C)c(C)c(C)n2)cc1N. The maximum atomic E-state index is 5.90. The molecule has 0 fully saturated rings. The molecule has 20 heavy (non-hydrogen) atoms. The minimum Gasteiger partial charge on any atom is -0.495 e. The van der Waals surface area contributed by atoms with E-state index in [2.05, 4.69) is 9.97 Å². The van der Waals surface area contributed by atoms with Crippen molar-refractivity contribution >= 4 is 17.4 Å². The molecule has 0 aliphatic rings. The molecule has 0 saturated heterocycles. The number of anilines is 1. The summed E-state index contributed by atoms with van der Waals surface area (Å²) in [5.74, 6) is 1.49. The molecule has 0 aliphatic carbocycles. The Morgan fingerprint density at radius 1 is 1.15 bits per heavy atom. The Labute approximate surface area is 123 Å². The predicted molar refractivity (Wildman–Crippen MR) is 83.2 cm³/mol. The number of thioether (sulfide) groups is 1. The van der Waals surface area contributed by atoms with E-state index in [9.17, 15) is 0 Å². The maximum absolute atomic E-state index is 5.90. The highest BCUT2D eigenvalue weighted by molar-refractivity contribution is 7.98. The van der Waals surface area contributed by atoms with E-state index in [1.807, 2.05) is 39.0 Å². The number of nitrogens with zero attached hydrogens (tertiary/aromatic N) is 2. The molecule has 5 heteroatoms. The van der Waals surface area contributed by atoms with E-state index in [0.29, 0.717) is 11.4 Å². The zero-order valence-corrected chi connectivity index (χ0v) is 13.0. The van der Waals surface area contributed by atoms with Gasteiger partial charge in [0.2, 0.25) is 0 Å². The van der Waals surface area contributed by atoms with Crippen LogP contribution in [0.2, 0.25) is 0 Å². The summed E-state index contributed by atoms with van der Waals surface area (Å²) in [5, 5.41) is 0.806. The van der Waals surface area contributed by atoms with Gasteiger partial charge in [0.25, 0.3) is 0 Å². The number of rotatable bonds is 4. The molecule has 0 radical (unpaired) electrons. The summed E-state index contributed by atoms with van der Waals surface area (Å²) in [6.07, 6.45) is 0. The van der Waals surface area contributed by atoms with Gasteiger partial charge in [0, 0.05) is 17.1 Å². The van der Waals surface area contributed by atoms with Gasteiger partial charge in [-0.15, -0.1) is 0 Å². The van der Waals surface area contributed by atoms with Crippen molar-refractivity contribution in [2.75, 3.05) is 12.8 Å². The second-order valence-electron chi connectivity index (χ2n) is 4.67. The summed E-state index contributed by atoms with van der Waals surface area (Å²) in [6, 6.07) is 5.83. The number of aromatic nitrogens is 2. The fraction of sp³-hybridized carbons (Fsp3) is 0.333. The molecule has 1 aromatic heterocycles. The average molecular weight is 289 g/mol. The first-order valence-corrected chi connectivity index (χ1v) is 7.37. The first kappa shape index (κ1) is 14.7. The number of methoxy groups -OCH3 is 1. The molecular formula is C15H19N3OS. The molecule has 0 aliphatic heterocycles. The molecular weight excluding hydrogens is 270 g/mol. The van der Waals surface area contributed by atoms with Crippen LogP contribution in [-0.2, 0) is 5.75 Å². The van der Waals surface area contributed by atoms with Crippen molar-refractivity contribution < 1.29 is 4.74 Å². The molecule has 106 valence electrons. The quantitative estimate of drug-likeness (QED) is 0.531. The first-order valence-electron chi connectivity index (χ1n) is 6.38. The van der Waals surface area contributed by atoms with Crippen LogP contribution in [-0.4, -0.2) is 17.1 Å². The highest BCUT2D eigenvalue weighted by atomic mass is 32.2. The average Bonchev–Trinajstić information content (AvgIpc) is 2.42. The Hall–Kier alpha value is -1.75. The minimum absolute atomic E-state index is 0.655. The van der Waals surface area contributed by atoms with Gasteiger partial charge in [0.1, 0.15) is 5.75 Å². The number of nitrogen functional groups attached to an aromatic ring is 1. The molecule has 0 saturated carbocycles. The van der Waals surface area contributed by atoms with E-state index in [0.717, 1.165) is 33.4 Å². The standard InChI is InChI=1S/C15H19N3OS/c1-9-10(2)17-15(18-11(9)3)20-8-12-5-6-14(19-4)13(16)7-12/h5-7H,8,16H2,1-4H3. The van der Waals surface area contributed by atoms with Crippen molar-refractivity contribution in [2.45, 2.75) is 31.7 Å². The van der Waals surface area contributed by atoms with Crippen LogP contribution in [0.1, 0.15) is 22.5 Å². The van der Waals surface area contributed by atoms with Crippen molar-refractivity contribution in [3.8, 4) is 5.75 Å². The van der Waals surface area contributed by atoms with Crippen LogP contribution in [0.5, 0.6) is 5.75 Å². The van der Waals surface area contributed by atoms with E-state index in [4.69, 9.17) is 10.5 Å². The lowest BCUT2D eigenvalue weighted by Crippen LogP contribution is -1.98. The van der Waals surface area contributed by atoms with Crippen molar-refractivity contribution in [3.05, 3.63) is 40.7 Å². The predicted octanol–water partition coefficient (Wildman–Crippen LogP) is 3.28. The van der Waals surface area contributed by atoms with Crippen LogP contribution in [0, 0.1) is 20.8 Å². The zero-order valence-electron chi connectivity index (χ0n) is 12.2. The lowest BCUT2D eigenvalue weighted by molar-refractivity contribution is 0.417. The number of nitrogens with two attached hydrogens (primary N) is 1. The van der Waals surface area contributed by atoms with Crippen LogP contribution in [0.15, 0.2) is 23.4 Å². The molecule has 0 unspecified atom stereocenters. The highest BCUT2D eigenvalue weighted by Crippen LogP contribution is 2.26. The van der Waals surface area contributed by atoms with Crippen molar-refractivity contribution in [1.29, 1.82) is 0 Å². The number of hydrogen-bond donors (Lipinski definition) is 1. The molecule has 2 aromatic rings. The van der Waals surface area contributed by atoms with Gasteiger partial charge in [-0.1, -0.05) is 17.8 Å². The monoisotopic (exact) mass is 289 g/mol. The van der Waals surface area contributed by atoms with Crippen LogP contribution in [0.4, 0.5) is 5.69 Å². The Morgan fingerprint density at radius 3 is 2.35 bits per heavy atom. The van der Waals surface area contributed by atoms with E-state index in [1.165, 1.54) is 0 Å². The van der Waals surface area contributed by atoms with Gasteiger partial charge in [-0.3, -0.25) is 0 Å². The minimum atomic E-state index is 0.655. The van der Waals surface area contributed by atoms with E-state index in [-0.39, 0.29) is 0 Å². The molecule has 2 N–H and O–H groups in total. The smallest absolute Gasteiger partial charge is 0.188 e. The van der Waals surface area contributed by atoms with Gasteiger partial charge < -0.3 is 10.5 Å². The fourth-order valence-electron chi connectivity index (χ4n) is 1.83. The van der Waals surface area contributed by atoms with Gasteiger partial charge in [-0.25, -0.2) is 9.97 Å². The molecule has 0 spiro atoms. The van der Waals surface area contributed by atoms with Crippen molar-refractivity contribution in [1.82, 2.24) is 9.97 Å². The van der Waals surface area contributed by atoms with E-state index < -0.39 is 0 Å². The third-order valence-corrected chi connectivity index (χ3v) is 4.19. The van der Waals surface area contributed by atoms with Crippen LogP contribution < -0.4 is 10.5 Å². The first-order chi connectivity index (χ1) is 9.51. The summed E-state index contributed by atoms with van der Waals surface area (Å²) in [7, 11) is 1.62. The molecule has 0 amide bonds. The Bertz CT molecular complexity index is 606. The topological polar surface area (TPSA) is 61.0 Å². The van der Waals surface area contributed by atoms with Gasteiger partial charge >= 0.3 is 0 Å². The molecule has 0 atom stereocenters. The summed E-state index contributed by atoms with van der Waals surface area (Å²) in [4.78, 5) is 9.00. The number of hydrogen-bond acceptors (Lipinski definition) is 5. The molecule has 4 nitrogen and oxygen atoms in total. The highest BCUT2D eigenvalue weighted by Gasteiger charge is 2.06. The largest absolute Gasteiger partial charge is 0.495 e. The zero-order chi connectivity index (χ0) is 14.7. The van der Waals surface area contributed by atoms with E-state index in [1.54, 1.807) is 18.9 Å². The van der Waals surface area contributed by atoms with Crippen molar-refractivity contribution in [3.63, 3.8) is 0 Å². The second-order valence-corrected chi connectivity index (χ2v) is 5.61. The Balaban J connectivity index is 2.11. The lowest BCUT2D eigenvalue weighted by Gasteiger charge is -2.08. The number of aryl methyl sites for hydroxylation is 2. The summed E-state index contributed by atoms with van der Waals surface area (Å²) in [6.45, 7) is 6.07. The molecule has 1 heterocycles. The van der Waals surface area contributed by atoms with Gasteiger partial charge in [-0.05, 0) is 44.0 Å². The van der Waals surface area contributed by atoms with Crippen LogP contribution >= 0.6 is 11.8 Å². The Kier molecular flexibility index (Phi) is 4.49. The third kappa shape index (κ3) is 3.22. The van der Waals surface area contributed by atoms with E-state index >= 15 is 0 Å².